The van der Waals surface area contributed by atoms with Crippen molar-refractivity contribution >= 4 is 5.97 Å². The number of benzene rings is 1. The maximum atomic E-state index is 12.0. The van der Waals surface area contributed by atoms with Gasteiger partial charge in [0.15, 0.2) is 11.5 Å². The van der Waals surface area contributed by atoms with Gasteiger partial charge >= 0.3 is 5.97 Å². The lowest BCUT2D eigenvalue weighted by atomic mass is 10.1. The molecule has 1 rings (SSSR count). The molecule has 1 aromatic carbocycles. The van der Waals surface area contributed by atoms with Crippen LogP contribution in [0.1, 0.15) is 18.5 Å². The first-order valence-corrected chi connectivity index (χ1v) is 6.40. The van der Waals surface area contributed by atoms with Crippen LogP contribution in [0, 0.1) is 0 Å². The van der Waals surface area contributed by atoms with Crippen molar-refractivity contribution in [2.24, 2.45) is 0 Å². The van der Waals surface area contributed by atoms with Crippen LogP contribution in [0.15, 0.2) is 30.9 Å². The number of methoxy groups -OCH3 is 2. The molecule has 0 spiro atoms. The number of carbonyl (C=O) groups excluding carboxylic acids is 1. The van der Waals surface area contributed by atoms with Gasteiger partial charge in [0.05, 0.1) is 20.8 Å². The first-order chi connectivity index (χ1) is 9.67. The molecule has 1 aromatic rings. The molecule has 1 unspecified atom stereocenters. The predicted octanol–water partition coefficient (Wildman–Crippen LogP) is 2.08. The van der Waals surface area contributed by atoms with E-state index in [1.807, 2.05) is 0 Å². The van der Waals surface area contributed by atoms with Crippen LogP contribution in [-0.2, 0) is 9.53 Å². The molecule has 0 fully saturated rings. The Morgan fingerprint density at radius 3 is 2.60 bits per heavy atom. The molecule has 0 aromatic heterocycles. The van der Waals surface area contributed by atoms with Gasteiger partial charge in [-0.25, -0.2) is 4.79 Å². The Kier molecular flexibility index (Phi) is 6.59. The summed E-state index contributed by atoms with van der Waals surface area (Å²) in [4.78, 5) is 12.0. The lowest BCUT2D eigenvalue weighted by molar-refractivity contribution is -0.145. The van der Waals surface area contributed by atoms with E-state index in [4.69, 9.17) is 14.2 Å². The highest BCUT2D eigenvalue weighted by Crippen LogP contribution is 2.30. The fraction of sp³-hybridized carbons (Fsp3) is 0.400. The monoisotopic (exact) mass is 279 g/mol. The standard InChI is InChI=1S/C15H21NO4/c1-5-9-16-14(15(17)20-6-2)11-7-8-12(18-3)13(10-11)19-4/h5,7-8,10,14,16H,1,6,9H2,2-4H3. The van der Waals surface area contributed by atoms with E-state index >= 15 is 0 Å². The summed E-state index contributed by atoms with van der Waals surface area (Å²) in [5, 5.41) is 3.07. The topological polar surface area (TPSA) is 56.8 Å². The smallest absolute Gasteiger partial charge is 0.327 e. The molecule has 0 aliphatic heterocycles. The average Bonchev–Trinajstić information content (AvgIpc) is 2.47. The number of carbonyl (C=O) groups is 1. The van der Waals surface area contributed by atoms with Gasteiger partial charge in [-0.2, -0.15) is 0 Å². The molecule has 0 saturated heterocycles. The van der Waals surface area contributed by atoms with Crippen molar-refractivity contribution in [2.45, 2.75) is 13.0 Å². The van der Waals surface area contributed by atoms with Gasteiger partial charge in [-0.3, -0.25) is 5.32 Å². The fourth-order valence-corrected chi connectivity index (χ4v) is 1.80. The van der Waals surface area contributed by atoms with Gasteiger partial charge in [-0.1, -0.05) is 12.1 Å². The van der Waals surface area contributed by atoms with Crippen molar-refractivity contribution in [2.75, 3.05) is 27.4 Å². The summed E-state index contributed by atoms with van der Waals surface area (Å²) < 4.78 is 15.5. The molecule has 20 heavy (non-hydrogen) atoms. The van der Waals surface area contributed by atoms with Crippen LogP contribution in [0.4, 0.5) is 0 Å². The van der Waals surface area contributed by atoms with Crippen LogP contribution in [0.3, 0.4) is 0 Å². The molecule has 110 valence electrons. The third-order valence-electron chi connectivity index (χ3n) is 2.73. The van der Waals surface area contributed by atoms with Crippen molar-refractivity contribution in [1.29, 1.82) is 0 Å². The van der Waals surface area contributed by atoms with E-state index in [0.717, 1.165) is 5.56 Å². The van der Waals surface area contributed by atoms with Gasteiger partial charge in [-0.15, -0.1) is 6.58 Å². The molecule has 0 heterocycles. The van der Waals surface area contributed by atoms with E-state index in [0.29, 0.717) is 24.7 Å². The molecule has 0 amide bonds. The maximum absolute atomic E-state index is 12.0. The lowest BCUT2D eigenvalue weighted by Crippen LogP contribution is -2.30. The summed E-state index contributed by atoms with van der Waals surface area (Å²) in [7, 11) is 3.12. The van der Waals surface area contributed by atoms with Crippen molar-refractivity contribution in [3.05, 3.63) is 36.4 Å². The van der Waals surface area contributed by atoms with Crippen molar-refractivity contribution in [3.63, 3.8) is 0 Å². The summed E-state index contributed by atoms with van der Waals surface area (Å²) >= 11 is 0. The molecular weight excluding hydrogens is 258 g/mol. The third kappa shape index (κ3) is 3.99. The fourth-order valence-electron chi connectivity index (χ4n) is 1.80. The normalized spacial score (nSPS) is 11.6. The Morgan fingerprint density at radius 1 is 1.35 bits per heavy atom. The SMILES string of the molecule is C=CCNC(C(=O)OCC)c1ccc(OC)c(OC)c1. The molecule has 0 aliphatic rings. The minimum Gasteiger partial charge on any atom is -0.493 e. The minimum atomic E-state index is -0.562. The molecule has 1 N–H and O–H groups in total. The quantitative estimate of drug-likeness (QED) is 0.583. The summed E-state index contributed by atoms with van der Waals surface area (Å²) in [6.45, 7) is 6.24. The zero-order valence-electron chi connectivity index (χ0n) is 12.1. The summed E-state index contributed by atoms with van der Waals surface area (Å²) in [5.41, 5.74) is 0.753. The highest BCUT2D eigenvalue weighted by atomic mass is 16.5. The van der Waals surface area contributed by atoms with Gasteiger partial charge in [-0.05, 0) is 24.6 Å². The lowest BCUT2D eigenvalue weighted by Gasteiger charge is -2.18. The molecule has 1 atom stereocenters. The van der Waals surface area contributed by atoms with Crippen LogP contribution in [0.25, 0.3) is 0 Å². The molecule has 0 aliphatic carbocycles. The van der Waals surface area contributed by atoms with Gasteiger partial charge in [0.25, 0.3) is 0 Å². The van der Waals surface area contributed by atoms with E-state index in [2.05, 4.69) is 11.9 Å². The number of hydrogen-bond acceptors (Lipinski definition) is 5. The summed E-state index contributed by atoms with van der Waals surface area (Å²) in [6.07, 6.45) is 1.69. The third-order valence-corrected chi connectivity index (χ3v) is 2.73. The largest absolute Gasteiger partial charge is 0.493 e. The molecule has 0 radical (unpaired) electrons. The zero-order valence-corrected chi connectivity index (χ0v) is 12.1. The highest BCUT2D eigenvalue weighted by molar-refractivity contribution is 5.78. The predicted molar refractivity (Wildman–Crippen MR) is 77.1 cm³/mol. The maximum Gasteiger partial charge on any atom is 0.327 e. The van der Waals surface area contributed by atoms with E-state index in [9.17, 15) is 4.79 Å². The Labute approximate surface area is 119 Å². The number of hydrogen-bond donors (Lipinski definition) is 1. The van der Waals surface area contributed by atoms with Crippen molar-refractivity contribution in [1.82, 2.24) is 5.32 Å². The summed E-state index contributed by atoms with van der Waals surface area (Å²) in [6, 6.07) is 4.76. The first-order valence-electron chi connectivity index (χ1n) is 6.40. The average molecular weight is 279 g/mol. The highest BCUT2D eigenvalue weighted by Gasteiger charge is 2.22. The second-order valence-corrected chi connectivity index (χ2v) is 4.00. The Morgan fingerprint density at radius 2 is 2.05 bits per heavy atom. The van der Waals surface area contributed by atoms with Gasteiger partial charge in [0.2, 0.25) is 0 Å². The van der Waals surface area contributed by atoms with Crippen LogP contribution >= 0.6 is 0 Å². The van der Waals surface area contributed by atoms with Gasteiger partial charge in [0, 0.05) is 6.54 Å². The molecular formula is C15H21NO4. The van der Waals surface area contributed by atoms with E-state index < -0.39 is 6.04 Å². The Hall–Kier alpha value is -2.01. The summed E-state index contributed by atoms with van der Waals surface area (Å²) in [5.74, 6) is 0.851. The van der Waals surface area contributed by atoms with Crippen LogP contribution < -0.4 is 14.8 Å². The molecule has 0 bridgehead atoms. The Bertz CT molecular complexity index is 459. The number of esters is 1. The van der Waals surface area contributed by atoms with Crippen molar-refractivity contribution < 1.29 is 19.0 Å². The van der Waals surface area contributed by atoms with E-state index in [-0.39, 0.29) is 5.97 Å². The van der Waals surface area contributed by atoms with Gasteiger partial charge in [0.1, 0.15) is 6.04 Å². The van der Waals surface area contributed by atoms with Crippen LogP contribution in [-0.4, -0.2) is 33.3 Å². The van der Waals surface area contributed by atoms with Gasteiger partial charge < -0.3 is 14.2 Å². The molecule has 5 nitrogen and oxygen atoms in total. The minimum absolute atomic E-state index is 0.332. The first kappa shape index (κ1) is 16.0. The Balaban J connectivity index is 3.05. The van der Waals surface area contributed by atoms with Crippen LogP contribution in [0.5, 0.6) is 11.5 Å². The van der Waals surface area contributed by atoms with Crippen molar-refractivity contribution in [3.8, 4) is 11.5 Å². The zero-order chi connectivity index (χ0) is 15.0. The number of ether oxygens (including phenoxy) is 3. The number of rotatable bonds is 8. The number of nitrogens with one attached hydrogen (secondary N) is 1. The second kappa shape index (κ2) is 8.22. The van der Waals surface area contributed by atoms with E-state index in [1.54, 1.807) is 45.4 Å². The van der Waals surface area contributed by atoms with Crippen LogP contribution in [0.2, 0.25) is 0 Å². The molecule has 0 saturated carbocycles. The second-order valence-electron chi connectivity index (χ2n) is 4.00. The van der Waals surface area contributed by atoms with E-state index in [1.165, 1.54) is 0 Å². The molecule has 5 heteroatoms.